The van der Waals surface area contributed by atoms with E-state index in [1.165, 1.54) is 19.3 Å². The number of unbranched alkanes of at least 4 members (excludes halogenated alkanes) is 3. The molecular formula is C19H37N5O. The Balaban J connectivity index is 2.32. The first-order valence-corrected chi connectivity index (χ1v) is 9.66. The van der Waals surface area contributed by atoms with Crippen molar-refractivity contribution in [2.75, 3.05) is 59.4 Å². The normalized spacial score (nSPS) is 16.0. The van der Waals surface area contributed by atoms with Crippen LogP contribution in [-0.2, 0) is 4.79 Å². The number of piperazine rings is 1. The first-order valence-electron chi connectivity index (χ1n) is 9.66. The van der Waals surface area contributed by atoms with Crippen molar-refractivity contribution in [1.29, 1.82) is 0 Å². The molecule has 0 spiro atoms. The first kappa shape index (κ1) is 21.5. The molecule has 1 amide bonds. The zero-order valence-corrected chi connectivity index (χ0v) is 16.5. The predicted molar refractivity (Wildman–Crippen MR) is 106 cm³/mol. The van der Waals surface area contributed by atoms with E-state index in [-0.39, 0.29) is 5.91 Å². The van der Waals surface area contributed by atoms with Gasteiger partial charge in [0.15, 0.2) is 5.96 Å². The van der Waals surface area contributed by atoms with Crippen molar-refractivity contribution in [3.8, 4) is 0 Å². The average molecular weight is 352 g/mol. The van der Waals surface area contributed by atoms with Gasteiger partial charge in [-0.3, -0.25) is 14.7 Å². The van der Waals surface area contributed by atoms with Crippen molar-refractivity contribution >= 4 is 11.9 Å². The van der Waals surface area contributed by atoms with Gasteiger partial charge in [0, 0.05) is 59.8 Å². The van der Waals surface area contributed by atoms with E-state index in [9.17, 15) is 4.79 Å². The van der Waals surface area contributed by atoms with E-state index in [0.29, 0.717) is 0 Å². The summed E-state index contributed by atoms with van der Waals surface area (Å²) in [5, 5.41) is 3.38. The summed E-state index contributed by atoms with van der Waals surface area (Å²) in [6, 6.07) is 0. The maximum Gasteiger partial charge on any atom is 0.219 e. The summed E-state index contributed by atoms with van der Waals surface area (Å²) in [5.74, 6) is 1.18. The molecule has 144 valence electrons. The van der Waals surface area contributed by atoms with Gasteiger partial charge in [-0.05, 0) is 26.2 Å². The minimum absolute atomic E-state index is 0.182. The van der Waals surface area contributed by atoms with E-state index < -0.39 is 0 Å². The third-order valence-electron chi connectivity index (χ3n) is 4.59. The van der Waals surface area contributed by atoms with Gasteiger partial charge in [-0.1, -0.05) is 12.5 Å². The average Bonchev–Trinajstić information content (AvgIpc) is 2.61. The minimum Gasteiger partial charge on any atom is -0.357 e. The molecule has 0 aliphatic carbocycles. The number of carbonyl (C=O) groups excluding carboxylic acids is 1. The minimum atomic E-state index is 0.182. The highest BCUT2D eigenvalue weighted by atomic mass is 16.2. The van der Waals surface area contributed by atoms with Gasteiger partial charge < -0.3 is 15.1 Å². The smallest absolute Gasteiger partial charge is 0.219 e. The molecule has 6 heteroatoms. The Morgan fingerprint density at radius 3 is 2.56 bits per heavy atom. The number of guanidine groups is 1. The summed E-state index contributed by atoms with van der Waals surface area (Å²) >= 11 is 0. The molecule has 0 aromatic heterocycles. The van der Waals surface area contributed by atoms with E-state index in [1.54, 1.807) is 6.92 Å². The Kier molecular flexibility index (Phi) is 11.0. The lowest BCUT2D eigenvalue weighted by molar-refractivity contribution is -0.130. The highest BCUT2D eigenvalue weighted by Gasteiger charge is 2.17. The number of hydrogen-bond acceptors (Lipinski definition) is 3. The first-order chi connectivity index (χ1) is 12.1. The number of carbonyl (C=O) groups is 1. The molecule has 6 nitrogen and oxygen atoms in total. The van der Waals surface area contributed by atoms with Gasteiger partial charge in [-0.25, -0.2) is 0 Å². The monoisotopic (exact) mass is 351 g/mol. The Morgan fingerprint density at radius 2 is 1.96 bits per heavy atom. The molecule has 1 rings (SSSR count). The van der Waals surface area contributed by atoms with Gasteiger partial charge in [-0.2, -0.15) is 0 Å². The molecule has 0 aromatic carbocycles. The van der Waals surface area contributed by atoms with Crippen LogP contribution in [0.3, 0.4) is 0 Å². The number of rotatable bonds is 10. The van der Waals surface area contributed by atoms with Gasteiger partial charge in [0.05, 0.1) is 6.54 Å². The summed E-state index contributed by atoms with van der Waals surface area (Å²) in [4.78, 5) is 22.7. The quantitative estimate of drug-likeness (QED) is 0.282. The van der Waals surface area contributed by atoms with Crippen molar-refractivity contribution in [2.24, 2.45) is 4.99 Å². The number of nitrogens with zero attached hydrogens (tertiary/aromatic N) is 4. The lowest BCUT2D eigenvalue weighted by Gasteiger charge is -2.33. The van der Waals surface area contributed by atoms with E-state index in [2.05, 4.69) is 35.7 Å². The zero-order valence-electron chi connectivity index (χ0n) is 16.5. The van der Waals surface area contributed by atoms with Gasteiger partial charge in [0.2, 0.25) is 5.91 Å². The van der Waals surface area contributed by atoms with Crippen LogP contribution in [0.5, 0.6) is 0 Å². The molecule has 0 saturated carbocycles. The summed E-state index contributed by atoms with van der Waals surface area (Å²) in [7, 11) is 2.11. The Bertz CT molecular complexity index is 416. The number of amides is 1. The molecular weight excluding hydrogens is 314 g/mol. The van der Waals surface area contributed by atoms with Crippen molar-refractivity contribution in [3.05, 3.63) is 12.7 Å². The summed E-state index contributed by atoms with van der Waals surface area (Å²) in [6.45, 7) is 14.8. The topological polar surface area (TPSA) is 51.2 Å². The third-order valence-corrected chi connectivity index (χ3v) is 4.59. The van der Waals surface area contributed by atoms with Crippen LogP contribution in [0.15, 0.2) is 17.6 Å². The van der Waals surface area contributed by atoms with Crippen molar-refractivity contribution in [3.63, 3.8) is 0 Å². The van der Waals surface area contributed by atoms with Crippen LogP contribution in [0, 0.1) is 0 Å². The van der Waals surface area contributed by atoms with Crippen molar-refractivity contribution < 1.29 is 4.79 Å². The fourth-order valence-electron chi connectivity index (χ4n) is 2.97. The van der Waals surface area contributed by atoms with Crippen LogP contribution in [0.4, 0.5) is 0 Å². The lowest BCUT2D eigenvalue weighted by atomic mass is 10.2. The fourth-order valence-corrected chi connectivity index (χ4v) is 2.97. The van der Waals surface area contributed by atoms with Crippen LogP contribution in [0.25, 0.3) is 0 Å². The Hall–Kier alpha value is -1.56. The van der Waals surface area contributed by atoms with Crippen LogP contribution in [-0.4, -0.2) is 86.0 Å². The summed E-state index contributed by atoms with van der Waals surface area (Å²) in [6.07, 6.45) is 6.73. The Labute approximate surface area is 153 Å². The fraction of sp³-hybridized carbons (Fsp3) is 0.789. The second-order valence-electron chi connectivity index (χ2n) is 6.64. The molecule has 0 aromatic rings. The summed E-state index contributed by atoms with van der Waals surface area (Å²) < 4.78 is 0. The number of hydrogen-bond donors (Lipinski definition) is 1. The number of allylic oxidation sites excluding steroid dienone is 1. The predicted octanol–water partition coefficient (Wildman–Crippen LogP) is 1.79. The molecule has 0 radical (unpaired) electrons. The third kappa shape index (κ3) is 8.91. The van der Waals surface area contributed by atoms with Gasteiger partial charge in [0.25, 0.3) is 0 Å². The highest BCUT2D eigenvalue weighted by Crippen LogP contribution is 2.03. The van der Waals surface area contributed by atoms with Crippen LogP contribution in [0.2, 0.25) is 0 Å². The largest absolute Gasteiger partial charge is 0.357 e. The van der Waals surface area contributed by atoms with Crippen LogP contribution >= 0.6 is 0 Å². The summed E-state index contributed by atoms with van der Waals surface area (Å²) in [5.41, 5.74) is 0. The number of nitrogens with one attached hydrogen (secondary N) is 1. The maximum absolute atomic E-state index is 11.4. The molecule has 1 aliphatic heterocycles. The molecule has 1 fully saturated rings. The molecule has 1 saturated heterocycles. The SMILES string of the molecule is C=CCCCCCN(C)C(=NCCN1CCN(C(C)=O)CC1)NCC. The van der Waals surface area contributed by atoms with Crippen LogP contribution < -0.4 is 5.32 Å². The molecule has 1 heterocycles. The molecule has 0 bridgehead atoms. The van der Waals surface area contributed by atoms with E-state index in [1.807, 2.05) is 11.0 Å². The molecule has 0 unspecified atom stereocenters. The maximum atomic E-state index is 11.4. The van der Waals surface area contributed by atoms with Crippen molar-refractivity contribution in [1.82, 2.24) is 20.0 Å². The molecule has 1 aliphatic rings. The molecule has 25 heavy (non-hydrogen) atoms. The lowest BCUT2D eigenvalue weighted by Crippen LogP contribution is -2.48. The molecule has 0 atom stereocenters. The second kappa shape index (κ2) is 12.8. The standard InChI is InChI=1S/C19H37N5O/c1-5-7-8-9-10-12-22(4)19(20-6-2)21-11-13-23-14-16-24(17-15-23)18(3)25/h5H,1,6-17H2,2-4H3,(H,20,21). The van der Waals surface area contributed by atoms with Crippen molar-refractivity contribution in [2.45, 2.75) is 39.5 Å². The van der Waals surface area contributed by atoms with Gasteiger partial charge >= 0.3 is 0 Å². The van der Waals surface area contributed by atoms with Crippen LogP contribution in [0.1, 0.15) is 39.5 Å². The second-order valence-corrected chi connectivity index (χ2v) is 6.64. The van der Waals surface area contributed by atoms with E-state index in [0.717, 1.165) is 64.7 Å². The number of aliphatic imine (C=N–C) groups is 1. The van der Waals surface area contributed by atoms with E-state index >= 15 is 0 Å². The zero-order chi connectivity index (χ0) is 18.5. The Morgan fingerprint density at radius 1 is 1.24 bits per heavy atom. The highest BCUT2D eigenvalue weighted by molar-refractivity contribution is 5.79. The van der Waals surface area contributed by atoms with Gasteiger partial charge in [-0.15, -0.1) is 6.58 Å². The van der Waals surface area contributed by atoms with E-state index in [4.69, 9.17) is 4.99 Å². The van der Waals surface area contributed by atoms with Gasteiger partial charge in [0.1, 0.15) is 0 Å². The molecule has 1 N–H and O–H groups in total.